The van der Waals surface area contributed by atoms with Crippen molar-refractivity contribution in [2.24, 2.45) is 0 Å². The molecule has 0 fully saturated rings. The second-order valence-corrected chi connectivity index (χ2v) is 3.78. The molecule has 0 aromatic heterocycles. The number of anilines is 1. The molecule has 4 nitrogen and oxygen atoms in total. The van der Waals surface area contributed by atoms with Crippen molar-refractivity contribution in [2.45, 2.75) is 13.1 Å². The summed E-state index contributed by atoms with van der Waals surface area (Å²) < 4.78 is 37.4. The minimum atomic E-state index is -4.47. The molecule has 0 radical (unpaired) electrons. The summed E-state index contributed by atoms with van der Waals surface area (Å²) in [5, 5.41) is 14.1. The van der Waals surface area contributed by atoms with Crippen molar-refractivity contribution < 1.29 is 18.0 Å². The highest BCUT2D eigenvalue weighted by Crippen LogP contribution is 2.31. The molecule has 0 heterocycles. The first kappa shape index (κ1) is 14.8. The number of hydrogen-bond acceptors (Lipinski definition) is 3. The molecular formula is C12H12F3N3O. The van der Waals surface area contributed by atoms with E-state index < -0.39 is 11.7 Å². The van der Waals surface area contributed by atoms with Gasteiger partial charge < -0.3 is 10.6 Å². The van der Waals surface area contributed by atoms with E-state index in [1.807, 2.05) is 0 Å². The summed E-state index contributed by atoms with van der Waals surface area (Å²) in [5.74, 6) is -0.199. The average Bonchev–Trinajstić information content (AvgIpc) is 2.33. The molecule has 2 N–H and O–H groups in total. The van der Waals surface area contributed by atoms with Gasteiger partial charge in [0.2, 0.25) is 5.91 Å². The first-order valence-corrected chi connectivity index (χ1v) is 5.44. The smallest absolute Gasteiger partial charge is 0.382 e. The van der Waals surface area contributed by atoms with E-state index in [9.17, 15) is 18.0 Å². The Morgan fingerprint density at radius 2 is 2.05 bits per heavy atom. The van der Waals surface area contributed by atoms with Crippen molar-refractivity contribution in [2.75, 3.05) is 18.4 Å². The Morgan fingerprint density at radius 3 is 2.58 bits per heavy atom. The fourth-order valence-electron chi connectivity index (χ4n) is 1.40. The molecule has 0 aliphatic heterocycles. The predicted octanol–water partition coefficient (Wildman–Crippen LogP) is 2.13. The number of amides is 1. The molecule has 19 heavy (non-hydrogen) atoms. The summed E-state index contributed by atoms with van der Waals surface area (Å²) >= 11 is 0. The van der Waals surface area contributed by atoms with Gasteiger partial charge in [0.25, 0.3) is 0 Å². The average molecular weight is 271 g/mol. The number of alkyl halides is 3. The second kappa shape index (κ2) is 6.09. The molecule has 1 rings (SSSR count). The number of nitrogens with one attached hydrogen (secondary N) is 2. The van der Waals surface area contributed by atoms with Gasteiger partial charge in [0.15, 0.2) is 0 Å². The molecular weight excluding hydrogens is 259 g/mol. The van der Waals surface area contributed by atoms with E-state index in [0.717, 1.165) is 12.1 Å². The zero-order valence-corrected chi connectivity index (χ0v) is 10.1. The molecule has 102 valence electrons. The molecule has 1 amide bonds. The fourth-order valence-corrected chi connectivity index (χ4v) is 1.40. The Kier molecular flexibility index (Phi) is 4.75. The van der Waals surface area contributed by atoms with Crippen LogP contribution >= 0.6 is 0 Å². The molecule has 0 spiro atoms. The molecule has 0 saturated heterocycles. The van der Waals surface area contributed by atoms with Crippen molar-refractivity contribution in [3.63, 3.8) is 0 Å². The quantitative estimate of drug-likeness (QED) is 0.824. The molecule has 7 heteroatoms. The zero-order valence-electron chi connectivity index (χ0n) is 10.1. The number of benzene rings is 1. The molecule has 0 aliphatic rings. The van der Waals surface area contributed by atoms with Crippen LogP contribution in [0.5, 0.6) is 0 Å². The molecule has 0 atom stereocenters. The Labute approximate surface area is 108 Å². The van der Waals surface area contributed by atoms with Gasteiger partial charge in [-0.3, -0.25) is 4.79 Å². The predicted molar refractivity (Wildman–Crippen MR) is 63.3 cm³/mol. The molecule has 0 saturated carbocycles. The van der Waals surface area contributed by atoms with E-state index >= 15 is 0 Å². The zero-order chi connectivity index (χ0) is 14.5. The Bertz CT molecular complexity index is 506. The maximum absolute atomic E-state index is 12.5. The molecule has 1 aromatic rings. The van der Waals surface area contributed by atoms with Gasteiger partial charge in [0.05, 0.1) is 16.8 Å². The summed E-state index contributed by atoms with van der Waals surface area (Å²) in [6.45, 7) is 2.00. The van der Waals surface area contributed by atoms with Gasteiger partial charge >= 0.3 is 6.18 Å². The van der Waals surface area contributed by atoms with Gasteiger partial charge in [0, 0.05) is 20.0 Å². The molecule has 0 unspecified atom stereocenters. The lowest BCUT2D eigenvalue weighted by molar-refractivity contribution is -0.137. The largest absolute Gasteiger partial charge is 0.416 e. The highest BCUT2D eigenvalue weighted by atomic mass is 19.4. The van der Waals surface area contributed by atoms with Crippen molar-refractivity contribution in [3.8, 4) is 6.07 Å². The van der Waals surface area contributed by atoms with Gasteiger partial charge in [-0.1, -0.05) is 0 Å². The summed E-state index contributed by atoms with van der Waals surface area (Å²) in [5.41, 5.74) is -0.644. The van der Waals surface area contributed by atoms with Crippen molar-refractivity contribution in [1.82, 2.24) is 5.32 Å². The first-order chi connectivity index (χ1) is 8.84. The lowest BCUT2D eigenvalue weighted by Crippen LogP contribution is -2.26. The fraction of sp³-hybridized carbons (Fsp3) is 0.333. The van der Waals surface area contributed by atoms with Crippen molar-refractivity contribution in [3.05, 3.63) is 29.3 Å². The Morgan fingerprint density at radius 1 is 1.37 bits per heavy atom. The number of rotatable bonds is 4. The summed E-state index contributed by atoms with van der Waals surface area (Å²) in [7, 11) is 0. The van der Waals surface area contributed by atoms with Gasteiger partial charge in [0.1, 0.15) is 6.07 Å². The monoisotopic (exact) mass is 271 g/mol. The van der Waals surface area contributed by atoms with Crippen LogP contribution in [-0.2, 0) is 11.0 Å². The third-order valence-electron chi connectivity index (χ3n) is 2.28. The number of halogens is 3. The lowest BCUT2D eigenvalue weighted by atomic mass is 10.1. The van der Waals surface area contributed by atoms with E-state index in [0.29, 0.717) is 18.8 Å². The van der Waals surface area contributed by atoms with Crippen LogP contribution in [0.2, 0.25) is 0 Å². The number of carbonyl (C=O) groups excluding carboxylic acids is 1. The van der Waals surface area contributed by atoms with E-state index in [-0.39, 0.29) is 11.5 Å². The highest BCUT2D eigenvalue weighted by Gasteiger charge is 2.30. The number of hydrogen-bond donors (Lipinski definition) is 2. The van der Waals surface area contributed by atoms with Crippen LogP contribution in [0, 0.1) is 11.3 Å². The number of nitriles is 1. The minimum Gasteiger partial charge on any atom is -0.382 e. The summed E-state index contributed by atoms with van der Waals surface area (Å²) in [4.78, 5) is 10.6. The highest BCUT2D eigenvalue weighted by molar-refractivity contribution is 5.72. The maximum Gasteiger partial charge on any atom is 0.416 e. The topological polar surface area (TPSA) is 64.9 Å². The molecule has 0 aliphatic carbocycles. The van der Waals surface area contributed by atoms with E-state index in [2.05, 4.69) is 10.6 Å². The van der Waals surface area contributed by atoms with Crippen LogP contribution < -0.4 is 10.6 Å². The van der Waals surface area contributed by atoms with Crippen molar-refractivity contribution >= 4 is 11.6 Å². The Balaban J connectivity index is 2.75. The third kappa shape index (κ3) is 4.50. The van der Waals surface area contributed by atoms with Crippen LogP contribution in [0.1, 0.15) is 18.1 Å². The summed E-state index contributed by atoms with van der Waals surface area (Å²) in [6.07, 6.45) is -4.47. The maximum atomic E-state index is 12.5. The molecule has 1 aromatic carbocycles. The van der Waals surface area contributed by atoms with Gasteiger partial charge in [-0.15, -0.1) is 0 Å². The number of carbonyl (C=O) groups is 1. The van der Waals surface area contributed by atoms with E-state index in [1.54, 1.807) is 6.07 Å². The van der Waals surface area contributed by atoms with Gasteiger partial charge in [-0.25, -0.2) is 0 Å². The van der Waals surface area contributed by atoms with E-state index in [1.165, 1.54) is 13.0 Å². The van der Waals surface area contributed by atoms with Crippen molar-refractivity contribution in [1.29, 1.82) is 5.26 Å². The van der Waals surface area contributed by atoms with Crippen LogP contribution in [0.15, 0.2) is 18.2 Å². The van der Waals surface area contributed by atoms with Crippen LogP contribution in [0.25, 0.3) is 0 Å². The SMILES string of the molecule is CC(=O)NCCNc1ccc(C(F)(F)F)cc1C#N. The van der Waals surface area contributed by atoms with Crippen LogP contribution in [0.3, 0.4) is 0 Å². The third-order valence-corrected chi connectivity index (χ3v) is 2.28. The normalized spacial score (nSPS) is 10.7. The lowest BCUT2D eigenvalue weighted by Gasteiger charge is -2.11. The van der Waals surface area contributed by atoms with E-state index in [4.69, 9.17) is 5.26 Å². The first-order valence-electron chi connectivity index (χ1n) is 5.44. The molecule has 0 bridgehead atoms. The standard InChI is InChI=1S/C12H12F3N3O/c1-8(19)17-4-5-18-11-3-2-10(12(13,14)15)6-9(11)7-16/h2-3,6,18H,4-5H2,1H3,(H,17,19). The van der Waals surface area contributed by atoms with Crippen LogP contribution in [0.4, 0.5) is 18.9 Å². The number of nitrogens with zero attached hydrogens (tertiary/aromatic N) is 1. The van der Waals surface area contributed by atoms with Gasteiger partial charge in [-0.05, 0) is 18.2 Å². The summed E-state index contributed by atoms with van der Waals surface area (Å²) in [6, 6.07) is 4.61. The van der Waals surface area contributed by atoms with Gasteiger partial charge in [-0.2, -0.15) is 18.4 Å². The second-order valence-electron chi connectivity index (χ2n) is 3.78. The Hall–Kier alpha value is -2.23. The van der Waals surface area contributed by atoms with Crippen LogP contribution in [-0.4, -0.2) is 19.0 Å². The minimum absolute atomic E-state index is 0.0855.